The molecule has 1 aromatic rings. The lowest BCUT2D eigenvalue weighted by Gasteiger charge is -2.37. The largest absolute Gasteiger partial charge is 0.396 e. The van der Waals surface area contributed by atoms with E-state index in [0.29, 0.717) is 12.0 Å². The average molecular weight is 268 g/mol. The molecule has 0 saturated heterocycles. The van der Waals surface area contributed by atoms with Crippen LogP contribution in [0, 0.1) is 12.3 Å². The van der Waals surface area contributed by atoms with Crippen molar-refractivity contribution < 1.29 is 5.11 Å². The minimum Gasteiger partial charge on any atom is -0.396 e. The smallest absolute Gasteiger partial charge is 0.107 e. The number of hydrogen-bond donors (Lipinski definition) is 2. The highest BCUT2D eigenvalue weighted by Crippen LogP contribution is 2.38. The van der Waals surface area contributed by atoms with Crippen molar-refractivity contribution in [3.63, 3.8) is 0 Å². The number of aryl methyl sites for hydroxylation is 1. The highest BCUT2D eigenvalue weighted by molar-refractivity contribution is 7.09. The van der Waals surface area contributed by atoms with E-state index in [4.69, 9.17) is 0 Å². The van der Waals surface area contributed by atoms with Gasteiger partial charge in [-0.1, -0.05) is 19.3 Å². The molecule has 1 fully saturated rings. The summed E-state index contributed by atoms with van der Waals surface area (Å²) in [4.78, 5) is 4.47. The van der Waals surface area contributed by atoms with E-state index in [1.165, 1.54) is 37.1 Å². The van der Waals surface area contributed by atoms with Crippen molar-refractivity contribution in [3.8, 4) is 0 Å². The zero-order valence-electron chi connectivity index (χ0n) is 11.2. The van der Waals surface area contributed by atoms with E-state index >= 15 is 0 Å². The molecule has 4 heteroatoms. The summed E-state index contributed by atoms with van der Waals surface area (Å²) in [5.41, 5.74) is 1.44. The van der Waals surface area contributed by atoms with Gasteiger partial charge >= 0.3 is 0 Å². The first-order valence-electron chi connectivity index (χ1n) is 6.97. The Hall–Kier alpha value is -0.450. The molecular formula is C14H24N2OS. The first kappa shape index (κ1) is 14.0. The topological polar surface area (TPSA) is 45.1 Å². The van der Waals surface area contributed by atoms with Gasteiger partial charge in [0.1, 0.15) is 5.01 Å². The van der Waals surface area contributed by atoms with Gasteiger partial charge in [-0.25, -0.2) is 4.98 Å². The molecule has 2 rings (SSSR count). The summed E-state index contributed by atoms with van der Waals surface area (Å²) in [6.45, 7) is 4.24. The Kier molecular flexibility index (Phi) is 5.15. The van der Waals surface area contributed by atoms with Gasteiger partial charge in [0.05, 0.1) is 0 Å². The van der Waals surface area contributed by atoms with Crippen LogP contribution in [0.3, 0.4) is 0 Å². The van der Waals surface area contributed by atoms with E-state index in [0.717, 1.165) is 25.2 Å². The van der Waals surface area contributed by atoms with Gasteiger partial charge < -0.3 is 10.4 Å². The normalized spacial score (nSPS) is 19.0. The fourth-order valence-electron chi connectivity index (χ4n) is 2.97. The van der Waals surface area contributed by atoms with Crippen LogP contribution in [-0.2, 0) is 6.54 Å². The molecule has 1 heterocycles. The van der Waals surface area contributed by atoms with Gasteiger partial charge in [-0.05, 0) is 31.6 Å². The minimum atomic E-state index is 0.318. The Morgan fingerprint density at radius 2 is 2.17 bits per heavy atom. The summed E-state index contributed by atoms with van der Waals surface area (Å²) >= 11 is 1.73. The summed E-state index contributed by atoms with van der Waals surface area (Å²) in [6, 6.07) is 0. The molecular weight excluding hydrogens is 244 g/mol. The quantitative estimate of drug-likeness (QED) is 0.834. The SMILES string of the molecule is Cc1csc(CNCC2(CCO)CCCCC2)n1. The lowest BCUT2D eigenvalue weighted by molar-refractivity contribution is 0.126. The fourth-order valence-corrected chi connectivity index (χ4v) is 3.71. The van der Waals surface area contributed by atoms with Crippen molar-refractivity contribution in [1.29, 1.82) is 0 Å². The van der Waals surface area contributed by atoms with Crippen LogP contribution in [0.15, 0.2) is 5.38 Å². The molecule has 1 aromatic heterocycles. The molecule has 0 bridgehead atoms. The molecule has 18 heavy (non-hydrogen) atoms. The molecule has 0 unspecified atom stereocenters. The van der Waals surface area contributed by atoms with E-state index in [2.05, 4.69) is 15.7 Å². The predicted molar refractivity (Wildman–Crippen MR) is 75.8 cm³/mol. The number of aromatic nitrogens is 1. The van der Waals surface area contributed by atoms with Gasteiger partial charge in [-0.2, -0.15) is 0 Å². The second-order valence-corrected chi connectivity index (χ2v) is 6.46. The Bertz CT molecular complexity index is 353. The first-order valence-corrected chi connectivity index (χ1v) is 7.85. The van der Waals surface area contributed by atoms with E-state index < -0.39 is 0 Å². The lowest BCUT2D eigenvalue weighted by Crippen LogP contribution is -2.36. The van der Waals surface area contributed by atoms with Crippen LogP contribution >= 0.6 is 11.3 Å². The van der Waals surface area contributed by atoms with Crippen LogP contribution in [0.1, 0.15) is 49.2 Å². The van der Waals surface area contributed by atoms with Crippen molar-refractivity contribution >= 4 is 11.3 Å². The number of nitrogens with one attached hydrogen (secondary N) is 1. The summed E-state index contributed by atoms with van der Waals surface area (Å²) < 4.78 is 0. The third-order valence-electron chi connectivity index (χ3n) is 4.00. The van der Waals surface area contributed by atoms with Gasteiger partial charge in [0.25, 0.3) is 0 Å². The molecule has 1 aliphatic carbocycles. The molecule has 2 N–H and O–H groups in total. The van der Waals surface area contributed by atoms with Crippen LogP contribution in [0.5, 0.6) is 0 Å². The van der Waals surface area contributed by atoms with Gasteiger partial charge in [0, 0.05) is 30.8 Å². The average Bonchev–Trinajstić information content (AvgIpc) is 2.77. The molecule has 0 spiro atoms. The molecule has 0 radical (unpaired) electrons. The Labute approximate surface area is 114 Å². The molecule has 0 atom stereocenters. The molecule has 0 aliphatic heterocycles. The Morgan fingerprint density at radius 1 is 1.39 bits per heavy atom. The maximum atomic E-state index is 9.27. The Morgan fingerprint density at radius 3 is 2.78 bits per heavy atom. The molecule has 3 nitrogen and oxygen atoms in total. The maximum absolute atomic E-state index is 9.27. The zero-order chi connectivity index (χ0) is 12.8. The first-order chi connectivity index (χ1) is 8.74. The van der Waals surface area contributed by atoms with Gasteiger partial charge in [0.15, 0.2) is 0 Å². The molecule has 0 aromatic carbocycles. The third kappa shape index (κ3) is 3.77. The van der Waals surface area contributed by atoms with Crippen molar-refractivity contribution in [2.24, 2.45) is 5.41 Å². The minimum absolute atomic E-state index is 0.318. The standard InChI is InChI=1S/C14H24N2OS/c1-12-10-18-13(16-12)9-15-11-14(7-8-17)5-3-2-4-6-14/h10,15,17H,2-9,11H2,1H3. The van der Waals surface area contributed by atoms with Crippen molar-refractivity contribution in [1.82, 2.24) is 10.3 Å². The number of rotatable bonds is 6. The number of hydrogen-bond acceptors (Lipinski definition) is 4. The highest BCUT2D eigenvalue weighted by Gasteiger charge is 2.30. The van der Waals surface area contributed by atoms with Crippen LogP contribution < -0.4 is 5.32 Å². The van der Waals surface area contributed by atoms with E-state index in [-0.39, 0.29) is 0 Å². The van der Waals surface area contributed by atoms with Crippen LogP contribution in [0.2, 0.25) is 0 Å². The monoisotopic (exact) mass is 268 g/mol. The third-order valence-corrected chi connectivity index (χ3v) is 4.97. The molecule has 0 amide bonds. The number of thiazole rings is 1. The van der Waals surface area contributed by atoms with E-state index in [1.807, 2.05) is 6.92 Å². The van der Waals surface area contributed by atoms with Gasteiger partial charge in [-0.15, -0.1) is 11.3 Å². The molecule has 1 aliphatic rings. The van der Waals surface area contributed by atoms with E-state index in [1.54, 1.807) is 11.3 Å². The van der Waals surface area contributed by atoms with Crippen molar-refractivity contribution in [3.05, 3.63) is 16.1 Å². The lowest BCUT2D eigenvalue weighted by atomic mass is 9.72. The van der Waals surface area contributed by atoms with Crippen LogP contribution in [-0.4, -0.2) is 23.2 Å². The molecule has 102 valence electrons. The number of aliphatic hydroxyl groups excluding tert-OH is 1. The Balaban J connectivity index is 1.82. The number of aliphatic hydroxyl groups is 1. The van der Waals surface area contributed by atoms with Crippen LogP contribution in [0.4, 0.5) is 0 Å². The fraction of sp³-hybridized carbons (Fsp3) is 0.786. The summed E-state index contributed by atoms with van der Waals surface area (Å²) in [5.74, 6) is 0. The van der Waals surface area contributed by atoms with Crippen LogP contribution in [0.25, 0.3) is 0 Å². The summed E-state index contributed by atoms with van der Waals surface area (Å²) in [5, 5.41) is 16.1. The van der Waals surface area contributed by atoms with E-state index in [9.17, 15) is 5.11 Å². The predicted octanol–water partition coefficient (Wildman–Crippen LogP) is 2.87. The highest BCUT2D eigenvalue weighted by atomic mass is 32.1. The second kappa shape index (κ2) is 6.64. The van der Waals surface area contributed by atoms with Gasteiger partial charge in [0.2, 0.25) is 0 Å². The number of nitrogens with zero attached hydrogens (tertiary/aromatic N) is 1. The summed E-state index contributed by atoms with van der Waals surface area (Å²) in [7, 11) is 0. The van der Waals surface area contributed by atoms with Gasteiger partial charge in [-0.3, -0.25) is 0 Å². The zero-order valence-corrected chi connectivity index (χ0v) is 12.1. The summed E-state index contributed by atoms with van der Waals surface area (Å²) in [6.07, 6.45) is 7.46. The second-order valence-electron chi connectivity index (χ2n) is 5.52. The molecule has 1 saturated carbocycles. The maximum Gasteiger partial charge on any atom is 0.107 e. The van der Waals surface area contributed by atoms with Crippen molar-refractivity contribution in [2.75, 3.05) is 13.2 Å². The van der Waals surface area contributed by atoms with Crippen molar-refractivity contribution in [2.45, 2.75) is 52.0 Å².